The van der Waals surface area contributed by atoms with Crippen molar-refractivity contribution in [1.29, 1.82) is 0 Å². The van der Waals surface area contributed by atoms with Crippen LogP contribution in [0.2, 0.25) is 5.28 Å². The van der Waals surface area contributed by atoms with E-state index >= 15 is 0 Å². The van der Waals surface area contributed by atoms with Crippen LogP contribution in [0.1, 0.15) is 26.2 Å². The Balaban J connectivity index is 1.81. The number of hydrogen-bond acceptors (Lipinski definition) is 6. The Morgan fingerprint density at radius 1 is 1.00 bits per heavy atom. The third-order valence-electron chi connectivity index (χ3n) is 4.50. The first-order valence-electron chi connectivity index (χ1n) is 7.79. The fraction of sp³-hybridized carbons (Fsp3) is 0.786. The van der Waals surface area contributed by atoms with Crippen LogP contribution < -0.4 is 9.80 Å². The van der Waals surface area contributed by atoms with Crippen LogP contribution in [-0.2, 0) is 0 Å². The first-order chi connectivity index (χ1) is 10.2. The first kappa shape index (κ1) is 14.8. The Morgan fingerprint density at radius 3 is 2.33 bits per heavy atom. The van der Waals surface area contributed by atoms with E-state index in [9.17, 15) is 0 Å². The molecule has 2 fully saturated rings. The molecule has 1 aromatic rings. The Kier molecular flexibility index (Phi) is 4.45. The van der Waals surface area contributed by atoms with E-state index in [0.717, 1.165) is 51.0 Å². The van der Waals surface area contributed by atoms with Crippen molar-refractivity contribution in [3.05, 3.63) is 5.28 Å². The number of piperazine rings is 1. The smallest absolute Gasteiger partial charge is 0.231 e. The molecule has 3 rings (SSSR count). The summed E-state index contributed by atoms with van der Waals surface area (Å²) >= 11 is 6.12. The number of hydrogen-bond donors (Lipinski definition) is 0. The Labute approximate surface area is 131 Å². The van der Waals surface area contributed by atoms with Crippen LogP contribution in [0.4, 0.5) is 11.9 Å². The molecule has 7 heteroatoms. The lowest BCUT2D eigenvalue weighted by atomic mass is 10.1. The van der Waals surface area contributed by atoms with Gasteiger partial charge in [0.1, 0.15) is 0 Å². The Hall–Kier alpha value is -1.14. The molecule has 0 aromatic carbocycles. The van der Waals surface area contributed by atoms with Gasteiger partial charge in [-0.3, -0.25) is 4.90 Å². The molecule has 1 unspecified atom stereocenters. The highest BCUT2D eigenvalue weighted by atomic mass is 35.5. The van der Waals surface area contributed by atoms with Crippen molar-refractivity contribution in [2.24, 2.45) is 0 Å². The maximum Gasteiger partial charge on any atom is 0.231 e. The SMILES string of the molecule is CCC1CN(c2nc(Cl)nc(N3CCCC3)n2)CCN1C. The summed E-state index contributed by atoms with van der Waals surface area (Å²) < 4.78 is 0. The molecule has 0 saturated carbocycles. The van der Waals surface area contributed by atoms with E-state index in [-0.39, 0.29) is 0 Å². The summed E-state index contributed by atoms with van der Waals surface area (Å²) in [4.78, 5) is 20.1. The van der Waals surface area contributed by atoms with Crippen LogP contribution in [0, 0.1) is 0 Å². The molecular formula is C14H23ClN6. The number of rotatable bonds is 3. The van der Waals surface area contributed by atoms with Crippen molar-refractivity contribution in [3.8, 4) is 0 Å². The van der Waals surface area contributed by atoms with E-state index in [4.69, 9.17) is 11.6 Å². The van der Waals surface area contributed by atoms with Crippen LogP contribution in [0.25, 0.3) is 0 Å². The van der Waals surface area contributed by atoms with Gasteiger partial charge in [0.05, 0.1) is 0 Å². The monoisotopic (exact) mass is 310 g/mol. The number of halogens is 1. The van der Waals surface area contributed by atoms with Gasteiger partial charge in [0.15, 0.2) is 0 Å². The largest absolute Gasteiger partial charge is 0.341 e. The first-order valence-corrected chi connectivity index (χ1v) is 8.17. The summed E-state index contributed by atoms with van der Waals surface area (Å²) in [5.41, 5.74) is 0. The molecule has 0 radical (unpaired) electrons. The average molecular weight is 311 g/mol. The van der Waals surface area contributed by atoms with Crippen molar-refractivity contribution >= 4 is 23.5 Å². The predicted octanol–water partition coefficient (Wildman–Crippen LogP) is 1.66. The summed E-state index contributed by atoms with van der Waals surface area (Å²) in [5.74, 6) is 1.46. The van der Waals surface area contributed by atoms with Gasteiger partial charge in [-0.1, -0.05) is 6.92 Å². The van der Waals surface area contributed by atoms with Crippen LogP contribution in [-0.4, -0.2) is 65.7 Å². The molecule has 3 heterocycles. The highest BCUT2D eigenvalue weighted by Gasteiger charge is 2.26. The zero-order chi connectivity index (χ0) is 14.8. The van der Waals surface area contributed by atoms with Crippen LogP contribution in [0.3, 0.4) is 0 Å². The van der Waals surface area contributed by atoms with Crippen LogP contribution in [0.15, 0.2) is 0 Å². The molecule has 21 heavy (non-hydrogen) atoms. The summed E-state index contributed by atoms with van der Waals surface area (Å²) in [5, 5.41) is 0.300. The van der Waals surface area contributed by atoms with Gasteiger partial charge in [0, 0.05) is 38.8 Å². The third kappa shape index (κ3) is 3.21. The second-order valence-electron chi connectivity index (χ2n) is 5.89. The molecular weight excluding hydrogens is 288 g/mol. The molecule has 0 bridgehead atoms. The summed E-state index contributed by atoms with van der Waals surface area (Å²) in [7, 11) is 2.18. The van der Waals surface area contributed by atoms with Gasteiger partial charge in [-0.05, 0) is 37.9 Å². The second-order valence-corrected chi connectivity index (χ2v) is 6.23. The minimum Gasteiger partial charge on any atom is -0.341 e. The molecule has 2 aliphatic heterocycles. The van der Waals surface area contributed by atoms with Crippen molar-refractivity contribution in [2.75, 3.05) is 49.6 Å². The molecule has 0 aliphatic carbocycles. The van der Waals surface area contributed by atoms with E-state index in [1.807, 2.05) is 0 Å². The fourth-order valence-corrected chi connectivity index (χ4v) is 3.25. The normalized spacial score (nSPS) is 23.9. The Morgan fingerprint density at radius 2 is 1.67 bits per heavy atom. The number of nitrogens with zero attached hydrogens (tertiary/aromatic N) is 6. The van der Waals surface area contributed by atoms with Gasteiger partial charge in [-0.15, -0.1) is 0 Å². The van der Waals surface area contributed by atoms with Gasteiger partial charge in [-0.25, -0.2) is 0 Å². The molecule has 1 atom stereocenters. The summed E-state index contributed by atoms with van der Waals surface area (Å²) in [6.45, 7) is 7.17. The third-order valence-corrected chi connectivity index (χ3v) is 4.67. The van der Waals surface area contributed by atoms with Crippen LogP contribution >= 0.6 is 11.6 Å². The maximum atomic E-state index is 6.12. The van der Waals surface area contributed by atoms with Gasteiger partial charge in [0.25, 0.3) is 0 Å². The van der Waals surface area contributed by atoms with Gasteiger partial charge in [-0.2, -0.15) is 15.0 Å². The van der Waals surface area contributed by atoms with E-state index < -0.39 is 0 Å². The van der Waals surface area contributed by atoms with E-state index in [2.05, 4.69) is 43.6 Å². The zero-order valence-electron chi connectivity index (χ0n) is 12.8. The molecule has 0 spiro atoms. The topological polar surface area (TPSA) is 48.4 Å². The Bertz CT molecular complexity index is 490. The van der Waals surface area contributed by atoms with Gasteiger partial charge < -0.3 is 9.80 Å². The van der Waals surface area contributed by atoms with Crippen molar-refractivity contribution in [3.63, 3.8) is 0 Å². The zero-order valence-corrected chi connectivity index (χ0v) is 13.6. The van der Waals surface area contributed by atoms with Gasteiger partial charge >= 0.3 is 0 Å². The van der Waals surface area contributed by atoms with Crippen molar-refractivity contribution in [1.82, 2.24) is 19.9 Å². The maximum absolute atomic E-state index is 6.12. The molecule has 0 N–H and O–H groups in total. The minimum atomic E-state index is 0.300. The molecule has 2 aliphatic rings. The quantitative estimate of drug-likeness (QED) is 0.846. The van der Waals surface area contributed by atoms with Gasteiger partial charge in [0.2, 0.25) is 17.2 Å². The van der Waals surface area contributed by atoms with Crippen LogP contribution in [0.5, 0.6) is 0 Å². The highest BCUT2D eigenvalue weighted by molar-refractivity contribution is 6.28. The molecule has 0 amide bonds. The number of anilines is 2. The summed E-state index contributed by atoms with van der Waals surface area (Å²) in [6.07, 6.45) is 3.53. The number of likely N-dealkylation sites (N-methyl/N-ethyl adjacent to an activating group) is 1. The molecule has 116 valence electrons. The second kappa shape index (κ2) is 6.32. The highest BCUT2D eigenvalue weighted by Crippen LogP contribution is 2.22. The van der Waals surface area contributed by atoms with E-state index in [1.54, 1.807) is 0 Å². The molecule has 6 nitrogen and oxygen atoms in total. The average Bonchev–Trinajstić information content (AvgIpc) is 3.01. The summed E-state index contributed by atoms with van der Waals surface area (Å²) in [6, 6.07) is 0.546. The van der Waals surface area contributed by atoms with E-state index in [1.165, 1.54) is 12.8 Å². The van der Waals surface area contributed by atoms with Crippen molar-refractivity contribution in [2.45, 2.75) is 32.2 Å². The minimum absolute atomic E-state index is 0.300. The fourth-order valence-electron chi connectivity index (χ4n) is 3.10. The predicted molar refractivity (Wildman–Crippen MR) is 85.2 cm³/mol. The standard InChI is InChI=1S/C14H23ClN6/c1-3-11-10-21(9-8-19(11)2)14-17-12(15)16-13(18-14)20-6-4-5-7-20/h11H,3-10H2,1-2H3. The molecule has 2 saturated heterocycles. The lowest BCUT2D eigenvalue weighted by Gasteiger charge is -2.39. The van der Waals surface area contributed by atoms with E-state index in [0.29, 0.717) is 11.3 Å². The van der Waals surface area contributed by atoms with Crippen molar-refractivity contribution < 1.29 is 0 Å². The molecule has 1 aromatic heterocycles. The number of aromatic nitrogens is 3. The lowest BCUT2D eigenvalue weighted by Crippen LogP contribution is -2.51. The lowest BCUT2D eigenvalue weighted by molar-refractivity contribution is 0.212.